The number of primary amides is 1. The lowest BCUT2D eigenvalue weighted by Crippen LogP contribution is -2.21. The number of hydrogen-bond donors (Lipinski definition) is 2. The molecule has 1 atom stereocenters. The van der Waals surface area contributed by atoms with Crippen LogP contribution < -0.4 is 11.1 Å². The highest BCUT2D eigenvalue weighted by atomic mass is 16.5. The van der Waals surface area contributed by atoms with Crippen molar-refractivity contribution < 1.29 is 14.3 Å². The van der Waals surface area contributed by atoms with Crippen LogP contribution in [-0.4, -0.2) is 25.5 Å². The quantitative estimate of drug-likeness (QED) is 0.747. The van der Waals surface area contributed by atoms with Crippen LogP contribution in [0.4, 0.5) is 5.69 Å². The molecule has 5 heteroatoms. The van der Waals surface area contributed by atoms with Gasteiger partial charge in [0.25, 0.3) is 0 Å². The van der Waals surface area contributed by atoms with Gasteiger partial charge in [0.15, 0.2) is 0 Å². The van der Waals surface area contributed by atoms with Crippen LogP contribution in [-0.2, 0) is 9.53 Å². The van der Waals surface area contributed by atoms with E-state index in [0.717, 1.165) is 5.69 Å². The molecule has 0 aliphatic heterocycles. The fourth-order valence-electron chi connectivity index (χ4n) is 1.31. The fraction of sp³-hybridized carbons (Fsp3) is 0.333. The summed E-state index contributed by atoms with van der Waals surface area (Å²) >= 11 is 0. The van der Waals surface area contributed by atoms with Gasteiger partial charge in [0.2, 0.25) is 5.91 Å². The van der Waals surface area contributed by atoms with E-state index in [4.69, 9.17) is 5.73 Å². The van der Waals surface area contributed by atoms with E-state index in [9.17, 15) is 9.59 Å². The van der Waals surface area contributed by atoms with Crippen LogP contribution in [0.2, 0.25) is 0 Å². The van der Waals surface area contributed by atoms with Crippen LogP contribution in [0.3, 0.4) is 0 Å². The number of rotatable bonds is 5. The predicted octanol–water partition coefficient (Wildman–Crippen LogP) is 1.01. The Morgan fingerprint density at radius 1 is 1.35 bits per heavy atom. The van der Waals surface area contributed by atoms with Crippen molar-refractivity contribution in [2.24, 2.45) is 11.7 Å². The van der Waals surface area contributed by atoms with Crippen LogP contribution in [0, 0.1) is 5.92 Å². The number of nitrogens with two attached hydrogens (primary N) is 1. The molecule has 0 saturated carbocycles. The van der Waals surface area contributed by atoms with E-state index in [-0.39, 0.29) is 11.9 Å². The van der Waals surface area contributed by atoms with Crippen molar-refractivity contribution in [3.05, 3.63) is 29.8 Å². The van der Waals surface area contributed by atoms with E-state index in [1.165, 1.54) is 7.11 Å². The number of hydrogen-bond acceptors (Lipinski definition) is 4. The normalized spacial score (nSPS) is 11.6. The molecule has 92 valence electrons. The summed E-state index contributed by atoms with van der Waals surface area (Å²) in [4.78, 5) is 22.0. The Kier molecular flexibility index (Phi) is 4.51. The standard InChI is InChI=1S/C12H16N2O3/c1-8(12(16)17-2)7-14-10-5-3-9(4-6-10)11(13)15/h3-6,8,14H,7H2,1-2H3,(H2,13,15). The van der Waals surface area contributed by atoms with E-state index >= 15 is 0 Å². The number of nitrogens with one attached hydrogen (secondary N) is 1. The van der Waals surface area contributed by atoms with Gasteiger partial charge in [0.05, 0.1) is 13.0 Å². The Morgan fingerprint density at radius 3 is 2.41 bits per heavy atom. The molecule has 0 aliphatic carbocycles. The molecule has 17 heavy (non-hydrogen) atoms. The number of carbonyl (C=O) groups excluding carboxylic acids is 2. The molecule has 0 heterocycles. The Bertz CT molecular complexity index is 401. The largest absolute Gasteiger partial charge is 0.469 e. The van der Waals surface area contributed by atoms with E-state index in [2.05, 4.69) is 10.1 Å². The minimum absolute atomic E-state index is 0.226. The first-order valence-electron chi connectivity index (χ1n) is 5.26. The van der Waals surface area contributed by atoms with Crippen LogP contribution in [0.15, 0.2) is 24.3 Å². The minimum Gasteiger partial charge on any atom is -0.469 e. The molecule has 3 N–H and O–H groups in total. The first kappa shape index (κ1) is 13.0. The molecule has 0 fully saturated rings. The molecule has 0 bridgehead atoms. The summed E-state index contributed by atoms with van der Waals surface area (Å²) in [5.41, 5.74) is 6.40. The summed E-state index contributed by atoms with van der Waals surface area (Å²) in [6.07, 6.45) is 0. The topological polar surface area (TPSA) is 81.4 Å². The summed E-state index contributed by atoms with van der Waals surface area (Å²) in [6, 6.07) is 6.75. The summed E-state index contributed by atoms with van der Waals surface area (Å²) in [7, 11) is 1.36. The molecular formula is C12H16N2O3. The van der Waals surface area contributed by atoms with Gasteiger partial charge >= 0.3 is 5.97 Å². The van der Waals surface area contributed by atoms with Crippen LogP contribution in [0.25, 0.3) is 0 Å². The molecule has 1 rings (SSSR count). The molecule has 1 amide bonds. The van der Waals surface area contributed by atoms with Gasteiger partial charge in [-0.25, -0.2) is 0 Å². The van der Waals surface area contributed by atoms with Gasteiger partial charge in [-0.05, 0) is 24.3 Å². The van der Waals surface area contributed by atoms with Gasteiger partial charge in [-0.3, -0.25) is 9.59 Å². The van der Waals surface area contributed by atoms with E-state index in [1.807, 2.05) is 0 Å². The minimum atomic E-state index is -0.459. The van der Waals surface area contributed by atoms with Crippen molar-refractivity contribution >= 4 is 17.6 Å². The van der Waals surface area contributed by atoms with Crippen molar-refractivity contribution in [3.63, 3.8) is 0 Å². The van der Waals surface area contributed by atoms with E-state index < -0.39 is 5.91 Å². The average molecular weight is 236 g/mol. The third-order valence-corrected chi connectivity index (χ3v) is 2.39. The summed E-state index contributed by atoms with van der Waals surface area (Å²) < 4.78 is 4.61. The highest BCUT2D eigenvalue weighted by molar-refractivity contribution is 5.93. The summed E-state index contributed by atoms with van der Waals surface area (Å²) in [6.45, 7) is 2.25. The second kappa shape index (κ2) is 5.89. The highest BCUT2D eigenvalue weighted by Crippen LogP contribution is 2.10. The average Bonchev–Trinajstić information content (AvgIpc) is 2.35. The predicted molar refractivity (Wildman–Crippen MR) is 64.6 cm³/mol. The van der Waals surface area contributed by atoms with Gasteiger partial charge in [-0.2, -0.15) is 0 Å². The third-order valence-electron chi connectivity index (χ3n) is 2.39. The molecule has 0 spiro atoms. The number of benzene rings is 1. The number of ether oxygens (including phenoxy) is 1. The van der Waals surface area contributed by atoms with Crippen LogP contribution in [0.1, 0.15) is 17.3 Å². The van der Waals surface area contributed by atoms with Crippen LogP contribution in [0.5, 0.6) is 0 Å². The molecule has 1 aromatic carbocycles. The molecule has 0 radical (unpaired) electrons. The number of carbonyl (C=O) groups is 2. The van der Waals surface area contributed by atoms with Gasteiger partial charge in [0.1, 0.15) is 0 Å². The lowest BCUT2D eigenvalue weighted by Gasteiger charge is -2.11. The van der Waals surface area contributed by atoms with Crippen molar-refractivity contribution in [2.45, 2.75) is 6.92 Å². The molecule has 1 unspecified atom stereocenters. The van der Waals surface area contributed by atoms with Crippen molar-refractivity contribution in [1.29, 1.82) is 0 Å². The van der Waals surface area contributed by atoms with Gasteiger partial charge in [-0.1, -0.05) is 6.92 Å². The van der Waals surface area contributed by atoms with Crippen LogP contribution >= 0.6 is 0 Å². The van der Waals surface area contributed by atoms with Gasteiger partial charge in [0, 0.05) is 17.8 Å². The fourth-order valence-corrected chi connectivity index (χ4v) is 1.31. The van der Waals surface area contributed by atoms with E-state index in [0.29, 0.717) is 12.1 Å². The lowest BCUT2D eigenvalue weighted by molar-refractivity contribution is -0.144. The first-order chi connectivity index (χ1) is 8.04. The SMILES string of the molecule is COC(=O)C(C)CNc1ccc(C(N)=O)cc1. The zero-order valence-corrected chi connectivity index (χ0v) is 9.90. The number of esters is 1. The van der Waals surface area contributed by atoms with Crippen molar-refractivity contribution in [2.75, 3.05) is 19.0 Å². The molecule has 0 aromatic heterocycles. The Balaban J connectivity index is 2.53. The van der Waals surface area contributed by atoms with Crippen molar-refractivity contribution in [3.8, 4) is 0 Å². The van der Waals surface area contributed by atoms with Gasteiger partial charge in [-0.15, -0.1) is 0 Å². The molecule has 5 nitrogen and oxygen atoms in total. The van der Waals surface area contributed by atoms with Crippen molar-refractivity contribution in [1.82, 2.24) is 0 Å². The maximum Gasteiger partial charge on any atom is 0.310 e. The smallest absolute Gasteiger partial charge is 0.310 e. The molecule has 0 saturated heterocycles. The maximum atomic E-state index is 11.2. The second-order valence-corrected chi connectivity index (χ2v) is 3.75. The second-order valence-electron chi connectivity index (χ2n) is 3.75. The Labute approximate surface area is 99.9 Å². The molecule has 1 aromatic rings. The lowest BCUT2D eigenvalue weighted by atomic mass is 10.1. The molecule has 0 aliphatic rings. The zero-order valence-electron chi connectivity index (χ0n) is 9.90. The number of methoxy groups -OCH3 is 1. The third kappa shape index (κ3) is 3.79. The summed E-state index contributed by atoms with van der Waals surface area (Å²) in [5, 5.41) is 3.07. The summed E-state index contributed by atoms with van der Waals surface area (Å²) in [5.74, 6) is -0.943. The first-order valence-corrected chi connectivity index (χ1v) is 5.26. The number of anilines is 1. The molecular weight excluding hydrogens is 220 g/mol. The van der Waals surface area contributed by atoms with Gasteiger partial charge < -0.3 is 15.8 Å². The Morgan fingerprint density at radius 2 is 1.94 bits per heavy atom. The maximum absolute atomic E-state index is 11.2. The van der Waals surface area contributed by atoms with E-state index in [1.54, 1.807) is 31.2 Å². The zero-order chi connectivity index (χ0) is 12.8. The number of amides is 1. The monoisotopic (exact) mass is 236 g/mol. The Hall–Kier alpha value is -2.04. The highest BCUT2D eigenvalue weighted by Gasteiger charge is 2.12.